The van der Waals surface area contributed by atoms with Crippen molar-refractivity contribution in [2.45, 2.75) is 45.3 Å². The number of hydrogen-bond donors (Lipinski definition) is 3. The van der Waals surface area contributed by atoms with Crippen LogP contribution in [0.1, 0.15) is 30.9 Å². The average Bonchev–Trinajstić information content (AvgIpc) is 2.57. The van der Waals surface area contributed by atoms with Gasteiger partial charge in [-0.2, -0.15) is 0 Å². The number of carboxylic acids is 1. The van der Waals surface area contributed by atoms with Crippen LogP contribution in [-0.4, -0.2) is 70.3 Å². The highest BCUT2D eigenvalue weighted by molar-refractivity contribution is 5.74. The van der Waals surface area contributed by atoms with Crippen LogP contribution in [0.25, 0.3) is 0 Å². The topological polar surface area (TPSA) is 93.1 Å². The van der Waals surface area contributed by atoms with E-state index in [4.69, 9.17) is 5.11 Å². The molecule has 0 bridgehead atoms. The molecule has 0 unspecified atom stereocenters. The zero-order chi connectivity index (χ0) is 19.1. The van der Waals surface area contributed by atoms with Crippen LogP contribution in [0, 0.1) is 6.92 Å². The minimum atomic E-state index is -0.827. The minimum absolute atomic E-state index is 0.0336. The van der Waals surface area contributed by atoms with E-state index in [1.165, 1.54) is 0 Å². The average molecular weight is 363 g/mol. The van der Waals surface area contributed by atoms with Gasteiger partial charge >= 0.3 is 12.0 Å². The number of benzene rings is 1. The Labute approximate surface area is 154 Å². The summed E-state index contributed by atoms with van der Waals surface area (Å²) in [5, 5.41) is 21.2. The number of nitrogens with zero attached hydrogens (tertiary/aromatic N) is 2. The zero-order valence-electron chi connectivity index (χ0n) is 15.5. The van der Waals surface area contributed by atoms with E-state index in [9.17, 15) is 14.7 Å². The van der Waals surface area contributed by atoms with E-state index in [0.29, 0.717) is 13.1 Å². The van der Waals surface area contributed by atoms with Crippen LogP contribution in [0.4, 0.5) is 4.79 Å². The molecule has 7 nitrogen and oxygen atoms in total. The number of amides is 2. The predicted octanol–water partition coefficient (Wildman–Crippen LogP) is 1.44. The van der Waals surface area contributed by atoms with E-state index in [0.717, 1.165) is 24.0 Å². The summed E-state index contributed by atoms with van der Waals surface area (Å²) >= 11 is 0. The lowest BCUT2D eigenvalue weighted by Gasteiger charge is -2.42. The summed E-state index contributed by atoms with van der Waals surface area (Å²) in [5.74, 6) is -0.827. The van der Waals surface area contributed by atoms with Crippen molar-refractivity contribution in [1.82, 2.24) is 15.1 Å². The molecule has 2 rings (SSSR count). The van der Waals surface area contributed by atoms with Crippen molar-refractivity contribution >= 4 is 12.0 Å². The number of aliphatic hydroxyl groups is 1. The van der Waals surface area contributed by atoms with Crippen LogP contribution in [0.2, 0.25) is 0 Å². The number of aliphatic carboxylic acids is 1. The summed E-state index contributed by atoms with van der Waals surface area (Å²) in [6.45, 7) is 5.31. The molecule has 2 amide bonds. The molecule has 0 aliphatic heterocycles. The Hall–Kier alpha value is -2.12. The number of aryl methyl sites for hydroxylation is 1. The number of aliphatic hydroxyl groups excluding tert-OH is 1. The highest BCUT2D eigenvalue weighted by Gasteiger charge is 2.35. The smallest absolute Gasteiger partial charge is 0.317 e. The third kappa shape index (κ3) is 5.71. The van der Waals surface area contributed by atoms with E-state index in [1.54, 1.807) is 4.90 Å². The maximum absolute atomic E-state index is 12.5. The molecular weight excluding hydrogens is 334 g/mol. The van der Waals surface area contributed by atoms with E-state index in [-0.39, 0.29) is 37.8 Å². The maximum Gasteiger partial charge on any atom is 0.317 e. The van der Waals surface area contributed by atoms with Crippen LogP contribution in [0.15, 0.2) is 24.3 Å². The van der Waals surface area contributed by atoms with E-state index in [2.05, 4.69) is 5.32 Å². The molecule has 26 heavy (non-hydrogen) atoms. The third-order valence-corrected chi connectivity index (χ3v) is 4.85. The number of nitrogens with one attached hydrogen (secondary N) is 1. The molecule has 0 spiro atoms. The van der Waals surface area contributed by atoms with Gasteiger partial charge in [-0.15, -0.1) is 0 Å². The first-order chi connectivity index (χ1) is 12.4. The molecule has 0 atom stereocenters. The van der Waals surface area contributed by atoms with Gasteiger partial charge in [0.2, 0.25) is 0 Å². The largest absolute Gasteiger partial charge is 0.480 e. The normalized spacial score (nSPS) is 19.1. The van der Waals surface area contributed by atoms with Gasteiger partial charge in [0.15, 0.2) is 0 Å². The molecule has 1 aromatic carbocycles. The fourth-order valence-corrected chi connectivity index (χ4v) is 3.23. The van der Waals surface area contributed by atoms with E-state index in [1.807, 2.05) is 43.0 Å². The Morgan fingerprint density at radius 1 is 1.23 bits per heavy atom. The highest BCUT2D eigenvalue weighted by Crippen LogP contribution is 2.25. The molecule has 1 fully saturated rings. The second-order valence-electron chi connectivity index (χ2n) is 6.86. The van der Waals surface area contributed by atoms with Gasteiger partial charge in [-0.05, 0) is 31.9 Å². The van der Waals surface area contributed by atoms with E-state index >= 15 is 0 Å². The van der Waals surface area contributed by atoms with Crippen molar-refractivity contribution in [2.75, 3.05) is 26.2 Å². The SMILES string of the molecule is CCN(CC(=O)O)C1CC(NC(=O)N(CCO)Cc2ccc(C)cc2)C1. The number of likely N-dealkylation sites (N-methyl/N-ethyl adjacent to an activating group) is 1. The van der Waals surface area contributed by atoms with Crippen molar-refractivity contribution < 1.29 is 19.8 Å². The van der Waals surface area contributed by atoms with Crippen LogP contribution < -0.4 is 5.32 Å². The lowest BCUT2D eigenvalue weighted by atomic mass is 9.85. The van der Waals surface area contributed by atoms with Crippen molar-refractivity contribution in [3.8, 4) is 0 Å². The molecule has 144 valence electrons. The number of urea groups is 1. The zero-order valence-corrected chi connectivity index (χ0v) is 15.5. The minimum Gasteiger partial charge on any atom is -0.480 e. The molecule has 1 saturated carbocycles. The van der Waals surface area contributed by atoms with Gasteiger partial charge in [0.25, 0.3) is 0 Å². The molecule has 1 aliphatic rings. The number of carbonyl (C=O) groups excluding carboxylic acids is 1. The predicted molar refractivity (Wildman–Crippen MR) is 98.9 cm³/mol. The molecule has 0 heterocycles. The van der Waals surface area contributed by atoms with Gasteiger partial charge in [0, 0.05) is 25.2 Å². The fourth-order valence-electron chi connectivity index (χ4n) is 3.23. The molecule has 0 radical (unpaired) electrons. The van der Waals surface area contributed by atoms with Gasteiger partial charge in [-0.3, -0.25) is 9.69 Å². The Kier molecular flexibility index (Phi) is 7.41. The summed E-state index contributed by atoms with van der Waals surface area (Å²) in [5.41, 5.74) is 2.18. The van der Waals surface area contributed by atoms with Crippen LogP contribution in [-0.2, 0) is 11.3 Å². The second-order valence-corrected chi connectivity index (χ2v) is 6.86. The van der Waals surface area contributed by atoms with E-state index < -0.39 is 5.97 Å². The first-order valence-electron chi connectivity index (χ1n) is 9.10. The third-order valence-electron chi connectivity index (χ3n) is 4.85. The van der Waals surface area contributed by atoms with Crippen molar-refractivity contribution in [2.24, 2.45) is 0 Å². The van der Waals surface area contributed by atoms with Crippen molar-refractivity contribution in [3.05, 3.63) is 35.4 Å². The number of hydrogen-bond acceptors (Lipinski definition) is 4. The second kappa shape index (κ2) is 9.54. The number of rotatable bonds is 9. The number of carboxylic acid groups (broad SMARTS) is 1. The van der Waals surface area contributed by atoms with Crippen LogP contribution in [0.5, 0.6) is 0 Å². The Bertz CT molecular complexity index is 599. The van der Waals surface area contributed by atoms with Crippen LogP contribution >= 0.6 is 0 Å². The summed E-state index contributed by atoms with van der Waals surface area (Å²) in [7, 11) is 0. The van der Waals surface area contributed by atoms with Gasteiger partial charge in [0.05, 0.1) is 13.2 Å². The van der Waals surface area contributed by atoms with Gasteiger partial charge in [-0.1, -0.05) is 36.8 Å². The fraction of sp³-hybridized carbons (Fsp3) is 0.579. The molecular formula is C19H29N3O4. The lowest BCUT2D eigenvalue weighted by Crippen LogP contribution is -2.56. The summed E-state index contributed by atoms with van der Waals surface area (Å²) in [6.07, 6.45) is 1.51. The van der Waals surface area contributed by atoms with Crippen LogP contribution in [0.3, 0.4) is 0 Å². The quantitative estimate of drug-likeness (QED) is 0.617. The lowest BCUT2D eigenvalue weighted by molar-refractivity contribution is -0.139. The van der Waals surface area contributed by atoms with Crippen molar-refractivity contribution in [3.63, 3.8) is 0 Å². The molecule has 0 saturated heterocycles. The Balaban J connectivity index is 1.84. The molecule has 0 aromatic heterocycles. The first-order valence-corrected chi connectivity index (χ1v) is 9.10. The molecule has 1 aliphatic carbocycles. The first kappa shape index (κ1) is 20.2. The Morgan fingerprint density at radius 2 is 1.88 bits per heavy atom. The maximum atomic E-state index is 12.5. The van der Waals surface area contributed by atoms with Crippen molar-refractivity contribution in [1.29, 1.82) is 0 Å². The molecule has 7 heteroatoms. The standard InChI is InChI=1S/C19H29N3O4/c1-3-21(13-18(24)25)17-10-16(11-17)20-19(26)22(8-9-23)12-15-6-4-14(2)5-7-15/h4-7,16-17,23H,3,8-13H2,1-2H3,(H,20,26)(H,24,25). The molecule has 3 N–H and O–H groups in total. The summed E-state index contributed by atoms with van der Waals surface area (Å²) in [4.78, 5) is 26.9. The summed E-state index contributed by atoms with van der Waals surface area (Å²) in [6, 6.07) is 8.03. The molecule has 1 aromatic rings. The summed E-state index contributed by atoms with van der Waals surface area (Å²) < 4.78 is 0. The monoisotopic (exact) mass is 363 g/mol. The number of carbonyl (C=O) groups is 2. The van der Waals surface area contributed by atoms with Gasteiger partial charge in [-0.25, -0.2) is 4.79 Å². The highest BCUT2D eigenvalue weighted by atomic mass is 16.4. The van der Waals surface area contributed by atoms with Gasteiger partial charge < -0.3 is 20.4 Å². The van der Waals surface area contributed by atoms with Gasteiger partial charge in [0.1, 0.15) is 0 Å². The Morgan fingerprint density at radius 3 is 2.42 bits per heavy atom.